The summed E-state index contributed by atoms with van der Waals surface area (Å²) in [6, 6.07) is 8.95. The van der Waals surface area contributed by atoms with E-state index in [0.29, 0.717) is 25.1 Å². The number of nitrogens with zero attached hydrogens (tertiary/aromatic N) is 1. The van der Waals surface area contributed by atoms with Crippen LogP contribution in [0, 0.1) is 5.92 Å². The quantitative estimate of drug-likeness (QED) is 0.765. The number of likely N-dealkylation sites (tertiary alicyclic amines) is 1. The fourth-order valence-electron chi connectivity index (χ4n) is 2.60. The maximum Gasteiger partial charge on any atom is 0.277 e. The summed E-state index contributed by atoms with van der Waals surface area (Å²) in [6.07, 6.45) is 1.20. The third-order valence-electron chi connectivity index (χ3n) is 4.07. The number of para-hydroxylation sites is 1. The summed E-state index contributed by atoms with van der Waals surface area (Å²) >= 11 is 0. The van der Waals surface area contributed by atoms with Crippen molar-refractivity contribution >= 4 is 11.8 Å². The van der Waals surface area contributed by atoms with Crippen molar-refractivity contribution in [3.63, 3.8) is 0 Å². The molecule has 6 nitrogen and oxygen atoms in total. The third kappa shape index (κ3) is 5.97. The molecule has 0 radical (unpaired) electrons. The Morgan fingerprint density at radius 3 is 2.72 bits per heavy atom. The number of nitrogens with one attached hydrogen (secondary N) is 1. The van der Waals surface area contributed by atoms with Crippen molar-refractivity contribution in [3.8, 4) is 5.75 Å². The molecule has 2 amide bonds. The lowest BCUT2D eigenvalue weighted by atomic mass is 9.97. The van der Waals surface area contributed by atoms with Gasteiger partial charge in [-0.1, -0.05) is 18.2 Å². The van der Waals surface area contributed by atoms with Crippen LogP contribution < -0.4 is 15.8 Å². The fourth-order valence-corrected chi connectivity index (χ4v) is 2.60. The van der Waals surface area contributed by atoms with Gasteiger partial charge >= 0.3 is 0 Å². The Labute approximate surface area is 145 Å². The highest BCUT2D eigenvalue weighted by molar-refractivity contribution is 5.82. The molecule has 1 aromatic rings. The second-order valence-corrected chi connectivity index (χ2v) is 6.06. The predicted octanol–water partition coefficient (Wildman–Crippen LogP) is 1.01. The number of hydrogen-bond acceptors (Lipinski definition) is 4. The molecule has 1 saturated heterocycles. The highest BCUT2D eigenvalue weighted by Crippen LogP contribution is 2.18. The van der Waals surface area contributed by atoms with Gasteiger partial charge in [-0.2, -0.15) is 0 Å². The zero-order valence-corrected chi connectivity index (χ0v) is 13.9. The maximum atomic E-state index is 13.1. The molecule has 1 atom stereocenters. The monoisotopic (exact) mass is 355 g/mol. The maximum absolute atomic E-state index is 13.1. The van der Waals surface area contributed by atoms with E-state index in [1.54, 1.807) is 24.3 Å². The molecular formula is C17H23F2N3O3. The number of ether oxygens (including phenoxy) is 1. The minimum Gasteiger partial charge on any atom is -0.484 e. The first kappa shape index (κ1) is 19.1. The SMILES string of the molecule is NCC(F)(F)CNC(=O)C1CCCN(C(=O)COc2ccccc2)C1. The van der Waals surface area contributed by atoms with E-state index in [4.69, 9.17) is 10.5 Å². The van der Waals surface area contributed by atoms with Gasteiger partial charge in [0.15, 0.2) is 6.61 Å². The number of hydrogen-bond donors (Lipinski definition) is 2. The van der Waals surface area contributed by atoms with Crippen LogP contribution in [0.15, 0.2) is 30.3 Å². The summed E-state index contributed by atoms with van der Waals surface area (Å²) in [5.74, 6) is -3.74. The molecule has 0 spiro atoms. The second-order valence-electron chi connectivity index (χ2n) is 6.06. The molecule has 1 aliphatic rings. The van der Waals surface area contributed by atoms with Crippen LogP contribution in [0.4, 0.5) is 8.78 Å². The lowest BCUT2D eigenvalue weighted by Gasteiger charge is -2.32. The van der Waals surface area contributed by atoms with Gasteiger partial charge in [0.2, 0.25) is 5.91 Å². The molecule has 1 aromatic carbocycles. The van der Waals surface area contributed by atoms with Crippen LogP contribution in [0.3, 0.4) is 0 Å². The first-order chi connectivity index (χ1) is 11.9. The number of alkyl halides is 2. The number of rotatable bonds is 7. The van der Waals surface area contributed by atoms with E-state index in [9.17, 15) is 18.4 Å². The first-order valence-corrected chi connectivity index (χ1v) is 8.22. The number of nitrogens with two attached hydrogens (primary N) is 1. The molecule has 1 heterocycles. The molecule has 0 aliphatic carbocycles. The van der Waals surface area contributed by atoms with Gasteiger partial charge in [-0.15, -0.1) is 0 Å². The Bertz CT molecular complexity index is 584. The minimum absolute atomic E-state index is 0.121. The van der Waals surface area contributed by atoms with Crippen molar-refractivity contribution in [2.24, 2.45) is 11.7 Å². The van der Waals surface area contributed by atoms with E-state index < -0.39 is 30.8 Å². The summed E-state index contributed by atoms with van der Waals surface area (Å²) in [6.45, 7) is -0.996. The lowest BCUT2D eigenvalue weighted by Crippen LogP contribution is -2.49. The van der Waals surface area contributed by atoms with E-state index in [1.165, 1.54) is 4.90 Å². The van der Waals surface area contributed by atoms with Crippen LogP contribution in [-0.4, -0.2) is 55.4 Å². The van der Waals surface area contributed by atoms with Crippen LogP contribution in [0.25, 0.3) is 0 Å². The molecule has 2 rings (SSSR count). The second kappa shape index (κ2) is 8.75. The van der Waals surface area contributed by atoms with Crippen LogP contribution >= 0.6 is 0 Å². The molecule has 1 aliphatic heterocycles. The molecule has 1 fully saturated rings. The number of carbonyl (C=O) groups is 2. The fraction of sp³-hybridized carbons (Fsp3) is 0.529. The van der Waals surface area contributed by atoms with Gasteiger partial charge in [-0.25, -0.2) is 8.78 Å². The zero-order chi connectivity index (χ0) is 18.3. The molecule has 25 heavy (non-hydrogen) atoms. The number of amides is 2. The largest absolute Gasteiger partial charge is 0.484 e. The van der Waals surface area contributed by atoms with E-state index in [2.05, 4.69) is 5.32 Å². The molecule has 0 aromatic heterocycles. The van der Waals surface area contributed by atoms with Crippen molar-refractivity contribution < 1.29 is 23.1 Å². The minimum atomic E-state index is -3.12. The highest BCUT2D eigenvalue weighted by Gasteiger charge is 2.32. The Morgan fingerprint density at radius 1 is 1.32 bits per heavy atom. The van der Waals surface area contributed by atoms with Crippen molar-refractivity contribution in [1.82, 2.24) is 10.2 Å². The number of halogens is 2. The lowest BCUT2D eigenvalue weighted by molar-refractivity contribution is -0.138. The number of piperidine rings is 1. The summed E-state index contributed by atoms with van der Waals surface area (Å²) in [5.41, 5.74) is 4.95. The Morgan fingerprint density at radius 2 is 2.04 bits per heavy atom. The van der Waals surface area contributed by atoms with Gasteiger partial charge in [0.1, 0.15) is 5.75 Å². The Hall–Kier alpha value is -2.22. The predicted molar refractivity (Wildman–Crippen MR) is 88.3 cm³/mol. The van der Waals surface area contributed by atoms with Crippen molar-refractivity contribution in [1.29, 1.82) is 0 Å². The van der Waals surface area contributed by atoms with E-state index in [1.807, 2.05) is 6.07 Å². The van der Waals surface area contributed by atoms with Gasteiger partial charge in [-0.3, -0.25) is 9.59 Å². The Balaban J connectivity index is 1.81. The van der Waals surface area contributed by atoms with E-state index >= 15 is 0 Å². The van der Waals surface area contributed by atoms with Crippen LogP contribution in [0.1, 0.15) is 12.8 Å². The van der Waals surface area contributed by atoms with Crippen molar-refractivity contribution in [2.45, 2.75) is 18.8 Å². The standard InChI is InChI=1S/C17H23F2N3O3/c18-17(19,11-20)12-21-16(24)13-5-4-8-22(9-13)15(23)10-25-14-6-2-1-3-7-14/h1-3,6-7,13H,4-5,8-12,20H2,(H,21,24). The van der Waals surface area contributed by atoms with Gasteiger partial charge in [0, 0.05) is 13.1 Å². The molecule has 0 bridgehead atoms. The summed E-state index contributed by atoms with van der Waals surface area (Å²) in [5, 5.41) is 2.22. The highest BCUT2D eigenvalue weighted by atomic mass is 19.3. The molecule has 138 valence electrons. The zero-order valence-electron chi connectivity index (χ0n) is 13.9. The number of benzene rings is 1. The van der Waals surface area contributed by atoms with Gasteiger partial charge in [-0.05, 0) is 25.0 Å². The number of carbonyl (C=O) groups excluding carboxylic acids is 2. The topological polar surface area (TPSA) is 84.7 Å². The van der Waals surface area contributed by atoms with Crippen molar-refractivity contribution in [3.05, 3.63) is 30.3 Å². The summed E-state index contributed by atoms with van der Waals surface area (Å²) in [7, 11) is 0. The third-order valence-corrected chi connectivity index (χ3v) is 4.07. The Kier molecular flexibility index (Phi) is 6.69. The normalized spacial score (nSPS) is 17.9. The molecule has 1 unspecified atom stereocenters. The van der Waals surface area contributed by atoms with Crippen LogP contribution in [0.2, 0.25) is 0 Å². The first-order valence-electron chi connectivity index (χ1n) is 8.22. The van der Waals surface area contributed by atoms with Crippen LogP contribution in [-0.2, 0) is 9.59 Å². The van der Waals surface area contributed by atoms with Crippen molar-refractivity contribution in [2.75, 3.05) is 32.8 Å². The van der Waals surface area contributed by atoms with E-state index in [-0.39, 0.29) is 19.1 Å². The average molecular weight is 355 g/mol. The summed E-state index contributed by atoms with van der Waals surface area (Å²) in [4.78, 5) is 25.8. The smallest absolute Gasteiger partial charge is 0.277 e. The molecule has 8 heteroatoms. The van der Waals surface area contributed by atoms with E-state index in [0.717, 1.165) is 0 Å². The van der Waals surface area contributed by atoms with Gasteiger partial charge in [0.05, 0.1) is 19.0 Å². The van der Waals surface area contributed by atoms with Crippen LogP contribution in [0.5, 0.6) is 5.75 Å². The van der Waals surface area contributed by atoms with Gasteiger partial charge < -0.3 is 20.7 Å². The van der Waals surface area contributed by atoms with Gasteiger partial charge in [0.25, 0.3) is 11.8 Å². The molecule has 3 N–H and O–H groups in total. The molecular weight excluding hydrogens is 332 g/mol. The average Bonchev–Trinajstić information content (AvgIpc) is 2.65. The summed E-state index contributed by atoms with van der Waals surface area (Å²) < 4.78 is 31.7. The molecule has 0 saturated carbocycles.